The predicted molar refractivity (Wildman–Crippen MR) is 80.9 cm³/mol. The number of rotatable bonds is 5. The average Bonchev–Trinajstić information content (AvgIpc) is 2.49. The molecule has 2 rings (SSSR count). The van der Waals surface area contributed by atoms with Gasteiger partial charge in [0.15, 0.2) is 6.29 Å². The van der Waals surface area contributed by atoms with E-state index in [9.17, 15) is 5.11 Å². The molecule has 4 nitrogen and oxygen atoms in total. The fourth-order valence-corrected chi connectivity index (χ4v) is 2.56. The summed E-state index contributed by atoms with van der Waals surface area (Å²) in [5.74, 6) is 0.00219. The summed E-state index contributed by atoms with van der Waals surface area (Å²) in [7, 11) is 0. The fourth-order valence-electron chi connectivity index (χ4n) is 2.56. The molecule has 3 unspecified atom stereocenters. The van der Waals surface area contributed by atoms with E-state index in [4.69, 9.17) is 9.73 Å². The molecular weight excluding hydrogens is 252 g/mol. The number of aliphatic imine (C=N–C) groups is 1. The van der Waals surface area contributed by atoms with E-state index in [2.05, 4.69) is 24.4 Å². The molecule has 1 heterocycles. The van der Waals surface area contributed by atoms with Crippen LogP contribution < -0.4 is 5.32 Å². The third-order valence-electron chi connectivity index (χ3n) is 3.69. The number of hydrogen-bond donors (Lipinski definition) is 2. The highest BCUT2D eigenvalue weighted by molar-refractivity contribution is 5.89. The molecule has 1 aliphatic rings. The minimum atomic E-state index is -0.746. The molecule has 20 heavy (non-hydrogen) atoms. The van der Waals surface area contributed by atoms with E-state index < -0.39 is 6.29 Å². The van der Waals surface area contributed by atoms with Crippen molar-refractivity contribution in [2.24, 2.45) is 10.9 Å². The summed E-state index contributed by atoms with van der Waals surface area (Å²) in [5.41, 5.74) is 2.20. The molecule has 1 aliphatic heterocycles. The monoisotopic (exact) mass is 276 g/mol. The Bertz CT molecular complexity index is 433. The highest BCUT2D eigenvalue weighted by Crippen LogP contribution is 2.21. The van der Waals surface area contributed by atoms with Crippen LogP contribution in [0.5, 0.6) is 0 Å². The van der Waals surface area contributed by atoms with Crippen LogP contribution in [0.4, 0.5) is 0 Å². The van der Waals surface area contributed by atoms with Gasteiger partial charge in [-0.3, -0.25) is 4.99 Å². The molecule has 1 aromatic carbocycles. The first-order valence-electron chi connectivity index (χ1n) is 7.34. The minimum Gasteiger partial charge on any atom is -0.367 e. The van der Waals surface area contributed by atoms with Crippen molar-refractivity contribution in [2.45, 2.75) is 32.6 Å². The lowest BCUT2D eigenvalue weighted by Gasteiger charge is -2.29. The lowest BCUT2D eigenvalue weighted by molar-refractivity contribution is -0.117. The van der Waals surface area contributed by atoms with E-state index in [1.165, 1.54) is 5.56 Å². The molecule has 0 aromatic heterocycles. The van der Waals surface area contributed by atoms with Crippen LogP contribution in [-0.4, -0.2) is 36.8 Å². The van der Waals surface area contributed by atoms with Crippen molar-refractivity contribution >= 4 is 5.71 Å². The molecule has 0 saturated carbocycles. The average molecular weight is 276 g/mol. The standard InChI is InChI=1S/C16H24N2O2/c1-3-20-16(19)14-9-10-17-11-15(14)18-12(2)13-7-5-4-6-8-13/h4-8,12,14,16-17,19H,3,9-11H2,1-2H3. The van der Waals surface area contributed by atoms with Crippen molar-refractivity contribution in [3.8, 4) is 0 Å². The second-order valence-electron chi connectivity index (χ2n) is 5.12. The molecule has 2 N–H and O–H groups in total. The van der Waals surface area contributed by atoms with Gasteiger partial charge in [-0.2, -0.15) is 0 Å². The zero-order chi connectivity index (χ0) is 14.4. The van der Waals surface area contributed by atoms with Crippen molar-refractivity contribution in [1.82, 2.24) is 5.32 Å². The van der Waals surface area contributed by atoms with Crippen molar-refractivity contribution in [3.05, 3.63) is 35.9 Å². The molecule has 1 fully saturated rings. The first-order chi connectivity index (χ1) is 9.72. The van der Waals surface area contributed by atoms with Crippen LogP contribution in [0.1, 0.15) is 31.9 Å². The molecule has 0 aliphatic carbocycles. The molecule has 1 aromatic rings. The Hall–Kier alpha value is -1.23. The molecule has 0 bridgehead atoms. The van der Waals surface area contributed by atoms with Gasteiger partial charge in [0.1, 0.15) is 0 Å². The van der Waals surface area contributed by atoms with Gasteiger partial charge in [-0.1, -0.05) is 30.3 Å². The third-order valence-corrected chi connectivity index (χ3v) is 3.69. The first kappa shape index (κ1) is 15.2. The number of ether oxygens (including phenoxy) is 1. The lowest BCUT2D eigenvalue weighted by atomic mass is 9.94. The molecule has 3 atom stereocenters. The number of hydrogen-bond acceptors (Lipinski definition) is 4. The Labute approximate surface area is 120 Å². The number of aliphatic hydroxyl groups excluding tert-OH is 1. The van der Waals surface area contributed by atoms with Crippen LogP contribution in [0.15, 0.2) is 35.3 Å². The molecule has 0 spiro atoms. The molecule has 1 saturated heterocycles. The van der Waals surface area contributed by atoms with Crippen LogP contribution >= 0.6 is 0 Å². The van der Waals surface area contributed by atoms with Crippen LogP contribution in [-0.2, 0) is 4.74 Å². The highest BCUT2D eigenvalue weighted by atomic mass is 16.6. The minimum absolute atomic E-state index is 0.00219. The van der Waals surface area contributed by atoms with Crippen LogP contribution in [0.3, 0.4) is 0 Å². The number of nitrogens with zero attached hydrogens (tertiary/aromatic N) is 1. The summed E-state index contributed by atoms with van der Waals surface area (Å²) in [6.07, 6.45) is 0.116. The van der Waals surface area contributed by atoms with Crippen molar-refractivity contribution in [2.75, 3.05) is 19.7 Å². The number of nitrogens with one attached hydrogen (secondary N) is 1. The Morgan fingerprint density at radius 3 is 2.85 bits per heavy atom. The topological polar surface area (TPSA) is 53.9 Å². The zero-order valence-corrected chi connectivity index (χ0v) is 12.2. The summed E-state index contributed by atoms with van der Waals surface area (Å²) < 4.78 is 5.35. The molecule has 110 valence electrons. The smallest absolute Gasteiger partial charge is 0.162 e. The number of aliphatic hydroxyl groups is 1. The van der Waals surface area contributed by atoms with Gasteiger partial charge in [-0.05, 0) is 32.4 Å². The van der Waals surface area contributed by atoms with Gasteiger partial charge in [0.05, 0.1) is 12.0 Å². The van der Waals surface area contributed by atoms with E-state index >= 15 is 0 Å². The molecule has 0 radical (unpaired) electrons. The zero-order valence-electron chi connectivity index (χ0n) is 12.2. The summed E-state index contributed by atoms with van der Waals surface area (Å²) in [5, 5.41) is 13.4. The normalized spacial score (nSPS) is 24.6. The third kappa shape index (κ3) is 3.88. The van der Waals surface area contributed by atoms with Gasteiger partial charge >= 0.3 is 0 Å². The van der Waals surface area contributed by atoms with E-state index in [-0.39, 0.29) is 12.0 Å². The number of benzene rings is 1. The summed E-state index contributed by atoms with van der Waals surface area (Å²) in [6.45, 7) is 6.13. The predicted octanol–water partition coefficient (Wildman–Crippen LogP) is 2.15. The molecular formula is C16H24N2O2. The summed E-state index contributed by atoms with van der Waals surface area (Å²) in [4.78, 5) is 4.81. The van der Waals surface area contributed by atoms with Crippen molar-refractivity contribution in [1.29, 1.82) is 0 Å². The Balaban J connectivity index is 2.12. The van der Waals surface area contributed by atoms with E-state index in [1.54, 1.807) is 0 Å². The Morgan fingerprint density at radius 2 is 2.15 bits per heavy atom. The molecule has 4 heteroatoms. The van der Waals surface area contributed by atoms with Crippen LogP contribution in [0.25, 0.3) is 0 Å². The summed E-state index contributed by atoms with van der Waals surface area (Å²) >= 11 is 0. The first-order valence-corrected chi connectivity index (χ1v) is 7.34. The maximum absolute atomic E-state index is 10.1. The van der Waals surface area contributed by atoms with Crippen LogP contribution in [0.2, 0.25) is 0 Å². The second kappa shape index (κ2) is 7.53. The lowest BCUT2D eigenvalue weighted by Crippen LogP contribution is -2.43. The highest BCUT2D eigenvalue weighted by Gasteiger charge is 2.28. The largest absolute Gasteiger partial charge is 0.367 e. The number of piperidine rings is 1. The van der Waals surface area contributed by atoms with E-state index in [0.717, 1.165) is 25.2 Å². The van der Waals surface area contributed by atoms with E-state index in [0.29, 0.717) is 6.61 Å². The van der Waals surface area contributed by atoms with Gasteiger partial charge in [-0.25, -0.2) is 0 Å². The second-order valence-corrected chi connectivity index (χ2v) is 5.12. The molecule has 0 amide bonds. The SMILES string of the molecule is CCOC(O)C1CCNCC1=NC(C)c1ccccc1. The fraction of sp³-hybridized carbons (Fsp3) is 0.562. The van der Waals surface area contributed by atoms with Gasteiger partial charge in [-0.15, -0.1) is 0 Å². The quantitative estimate of drug-likeness (QED) is 0.810. The van der Waals surface area contributed by atoms with E-state index in [1.807, 2.05) is 25.1 Å². The van der Waals surface area contributed by atoms with Gasteiger partial charge in [0.25, 0.3) is 0 Å². The Morgan fingerprint density at radius 1 is 1.40 bits per heavy atom. The van der Waals surface area contributed by atoms with Crippen molar-refractivity contribution in [3.63, 3.8) is 0 Å². The van der Waals surface area contributed by atoms with Gasteiger partial charge < -0.3 is 15.2 Å². The maximum Gasteiger partial charge on any atom is 0.162 e. The van der Waals surface area contributed by atoms with Gasteiger partial charge in [0, 0.05) is 18.9 Å². The van der Waals surface area contributed by atoms with Crippen LogP contribution in [0, 0.1) is 5.92 Å². The van der Waals surface area contributed by atoms with Crippen molar-refractivity contribution < 1.29 is 9.84 Å². The Kier molecular flexibility index (Phi) is 5.71. The van der Waals surface area contributed by atoms with Gasteiger partial charge in [0.2, 0.25) is 0 Å². The maximum atomic E-state index is 10.1. The summed E-state index contributed by atoms with van der Waals surface area (Å²) in [6, 6.07) is 10.3.